The van der Waals surface area contributed by atoms with E-state index < -0.39 is 0 Å². The summed E-state index contributed by atoms with van der Waals surface area (Å²) < 4.78 is 0. The third-order valence-electron chi connectivity index (χ3n) is 1.85. The number of hydrogen-bond donors (Lipinski definition) is 0. The lowest BCUT2D eigenvalue weighted by Crippen LogP contribution is -2.06. The molecule has 0 unspecified atom stereocenters. The Labute approximate surface area is 83.1 Å². The fourth-order valence-electron chi connectivity index (χ4n) is 1.24. The lowest BCUT2D eigenvalue weighted by molar-refractivity contribution is 0.451. The molecular weight excluding hydrogens is 156 g/mol. The minimum atomic E-state index is 0.189. The molecule has 0 saturated carbocycles. The molecule has 0 saturated heterocycles. The standard InChI is InChI=1S/C13H20/c1-5-7-8-9-10-12-13(3,4)11-6-2/h6,8-9,11H2,1-4H3. The average Bonchev–Trinajstić information content (AvgIpc) is 2.04. The predicted molar refractivity (Wildman–Crippen MR) is 59.1 cm³/mol. The van der Waals surface area contributed by atoms with Crippen LogP contribution in [0.15, 0.2) is 0 Å². The van der Waals surface area contributed by atoms with Gasteiger partial charge < -0.3 is 0 Å². The van der Waals surface area contributed by atoms with Crippen molar-refractivity contribution in [3.05, 3.63) is 0 Å². The van der Waals surface area contributed by atoms with Gasteiger partial charge in [0.05, 0.1) is 0 Å². The molecule has 0 amide bonds. The van der Waals surface area contributed by atoms with Crippen LogP contribution in [0.4, 0.5) is 0 Å². The van der Waals surface area contributed by atoms with E-state index in [0.29, 0.717) is 0 Å². The van der Waals surface area contributed by atoms with Gasteiger partial charge in [0.1, 0.15) is 0 Å². The quantitative estimate of drug-likeness (QED) is 0.455. The van der Waals surface area contributed by atoms with Crippen molar-refractivity contribution in [2.75, 3.05) is 0 Å². The third kappa shape index (κ3) is 7.48. The summed E-state index contributed by atoms with van der Waals surface area (Å²) in [6.07, 6.45) is 4.20. The first kappa shape index (κ1) is 12.1. The molecular formula is C13H20. The van der Waals surface area contributed by atoms with Crippen LogP contribution in [0.1, 0.15) is 53.4 Å². The van der Waals surface area contributed by atoms with Gasteiger partial charge in [-0.05, 0) is 27.2 Å². The Balaban J connectivity index is 3.84. The topological polar surface area (TPSA) is 0 Å². The van der Waals surface area contributed by atoms with Crippen molar-refractivity contribution < 1.29 is 0 Å². The minimum Gasteiger partial charge on any atom is -0.107 e. The van der Waals surface area contributed by atoms with Crippen molar-refractivity contribution in [1.82, 2.24) is 0 Å². The molecule has 0 N–H and O–H groups in total. The molecule has 0 spiro atoms. The molecule has 0 heteroatoms. The Hall–Kier alpha value is -0.880. The summed E-state index contributed by atoms with van der Waals surface area (Å²) >= 11 is 0. The van der Waals surface area contributed by atoms with E-state index in [1.54, 1.807) is 0 Å². The van der Waals surface area contributed by atoms with Crippen LogP contribution in [0.25, 0.3) is 0 Å². The van der Waals surface area contributed by atoms with Crippen LogP contribution in [-0.2, 0) is 0 Å². The van der Waals surface area contributed by atoms with Crippen LogP contribution in [0.5, 0.6) is 0 Å². The average molecular weight is 176 g/mol. The Morgan fingerprint density at radius 3 is 2.23 bits per heavy atom. The van der Waals surface area contributed by atoms with Crippen molar-refractivity contribution in [3.8, 4) is 23.7 Å². The second-order valence-electron chi connectivity index (χ2n) is 3.86. The molecule has 0 bridgehead atoms. The van der Waals surface area contributed by atoms with Crippen LogP contribution in [0.3, 0.4) is 0 Å². The fraction of sp³-hybridized carbons (Fsp3) is 0.692. The van der Waals surface area contributed by atoms with Crippen LogP contribution < -0.4 is 0 Å². The van der Waals surface area contributed by atoms with Gasteiger partial charge in [-0.3, -0.25) is 0 Å². The molecule has 0 radical (unpaired) electrons. The van der Waals surface area contributed by atoms with Gasteiger partial charge in [0.2, 0.25) is 0 Å². The second-order valence-corrected chi connectivity index (χ2v) is 3.86. The normalized spacial score (nSPS) is 9.54. The van der Waals surface area contributed by atoms with Gasteiger partial charge in [-0.25, -0.2) is 0 Å². The lowest BCUT2D eigenvalue weighted by Gasteiger charge is -2.15. The number of rotatable bonds is 3. The summed E-state index contributed by atoms with van der Waals surface area (Å²) in [5.41, 5.74) is 0.189. The molecule has 0 aromatic heterocycles. The molecule has 0 nitrogen and oxygen atoms in total. The Kier molecular flexibility index (Phi) is 6.17. The summed E-state index contributed by atoms with van der Waals surface area (Å²) in [5, 5.41) is 0. The first-order valence-electron chi connectivity index (χ1n) is 5.02. The van der Waals surface area contributed by atoms with E-state index in [1.165, 1.54) is 12.8 Å². The van der Waals surface area contributed by atoms with Gasteiger partial charge in [0.15, 0.2) is 0 Å². The molecule has 0 heterocycles. The zero-order chi connectivity index (χ0) is 10.2. The minimum absolute atomic E-state index is 0.189. The predicted octanol–water partition coefficient (Wildman–Crippen LogP) is 3.62. The Morgan fingerprint density at radius 2 is 1.69 bits per heavy atom. The van der Waals surface area contributed by atoms with Crippen LogP contribution in [0, 0.1) is 29.1 Å². The van der Waals surface area contributed by atoms with Gasteiger partial charge in [-0.1, -0.05) is 19.3 Å². The summed E-state index contributed by atoms with van der Waals surface area (Å²) in [6.45, 7) is 8.48. The molecule has 72 valence electrons. The second kappa shape index (κ2) is 6.62. The molecule has 0 atom stereocenters. The molecule has 0 rings (SSSR count). The van der Waals surface area contributed by atoms with Gasteiger partial charge in [0, 0.05) is 18.3 Å². The fourth-order valence-corrected chi connectivity index (χ4v) is 1.24. The van der Waals surface area contributed by atoms with Crippen molar-refractivity contribution in [2.24, 2.45) is 5.41 Å². The summed E-state index contributed by atoms with van der Waals surface area (Å²) in [7, 11) is 0. The van der Waals surface area contributed by atoms with Crippen molar-refractivity contribution in [1.29, 1.82) is 0 Å². The van der Waals surface area contributed by atoms with E-state index >= 15 is 0 Å². The largest absolute Gasteiger partial charge is 0.107 e. The molecule has 0 aromatic carbocycles. The van der Waals surface area contributed by atoms with Crippen LogP contribution >= 0.6 is 0 Å². The maximum Gasteiger partial charge on any atom is 0.0258 e. The molecule has 0 aliphatic carbocycles. The first-order valence-corrected chi connectivity index (χ1v) is 5.02. The van der Waals surface area contributed by atoms with E-state index in [1.807, 2.05) is 6.92 Å². The van der Waals surface area contributed by atoms with Crippen LogP contribution in [-0.4, -0.2) is 0 Å². The zero-order valence-corrected chi connectivity index (χ0v) is 9.33. The van der Waals surface area contributed by atoms with E-state index in [0.717, 1.165) is 12.8 Å². The maximum absolute atomic E-state index is 3.30. The van der Waals surface area contributed by atoms with Crippen molar-refractivity contribution in [3.63, 3.8) is 0 Å². The summed E-state index contributed by atoms with van der Waals surface area (Å²) in [4.78, 5) is 0. The molecule has 13 heavy (non-hydrogen) atoms. The number of hydrogen-bond acceptors (Lipinski definition) is 0. The van der Waals surface area contributed by atoms with E-state index in [4.69, 9.17) is 0 Å². The molecule has 0 aliphatic heterocycles. The maximum atomic E-state index is 3.30. The SMILES string of the molecule is CC#CCCC#CC(C)(C)CCC. The number of unbranched alkanes of at least 4 members (excludes halogenated alkanes) is 1. The molecule has 0 aliphatic rings. The van der Waals surface area contributed by atoms with Gasteiger partial charge >= 0.3 is 0 Å². The van der Waals surface area contributed by atoms with E-state index in [-0.39, 0.29) is 5.41 Å². The highest BCUT2D eigenvalue weighted by atomic mass is 14.1. The van der Waals surface area contributed by atoms with E-state index in [2.05, 4.69) is 44.5 Å². The first-order chi connectivity index (χ1) is 6.12. The Morgan fingerprint density at radius 1 is 1.08 bits per heavy atom. The highest BCUT2D eigenvalue weighted by Crippen LogP contribution is 2.20. The van der Waals surface area contributed by atoms with Crippen molar-refractivity contribution in [2.45, 2.75) is 53.4 Å². The summed E-state index contributed by atoms with van der Waals surface area (Å²) in [6, 6.07) is 0. The van der Waals surface area contributed by atoms with Gasteiger partial charge in [-0.15, -0.1) is 17.8 Å². The van der Waals surface area contributed by atoms with E-state index in [9.17, 15) is 0 Å². The van der Waals surface area contributed by atoms with Crippen molar-refractivity contribution >= 4 is 0 Å². The highest BCUT2D eigenvalue weighted by Gasteiger charge is 2.11. The zero-order valence-electron chi connectivity index (χ0n) is 9.33. The summed E-state index contributed by atoms with van der Waals surface area (Å²) in [5.74, 6) is 12.4. The molecule has 0 aromatic rings. The van der Waals surface area contributed by atoms with Gasteiger partial charge in [0.25, 0.3) is 0 Å². The monoisotopic (exact) mass is 176 g/mol. The third-order valence-corrected chi connectivity index (χ3v) is 1.85. The lowest BCUT2D eigenvalue weighted by atomic mass is 9.89. The van der Waals surface area contributed by atoms with Crippen LogP contribution in [0.2, 0.25) is 0 Å². The van der Waals surface area contributed by atoms with Gasteiger partial charge in [-0.2, -0.15) is 0 Å². The smallest absolute Gasteiger partial charge is 0.0258 e. The molecule has 0 fully saturated rings. The highest BCUT2D eigenvalue weighted by molar-refractivity contribution is 5.10. The Bertz CT molecular complexity index is 237.